The summed E-state index contributed by atoms with van der Waals surface area (Å²) in [6.07, 6.45) is 0. The minimum absolute atomic E-state index is 0.111. The van der Waals surface area contributed by atoms with Gasteiger partial charge in [0.1, 0.15) is 10.4 Å². The summed E-state index contributed by atoms with van der Waals surface area (Å²) < 4.78 is 2.73. The number of nitrogens with one attached hydrogen (secondary N) is 2. The first-order valence-electron chi connectivity index (χ1n) is 6.53. The SMILES string of the molecule is O=C(CSc1nc2[nH]c(=O)cc(O)c2s1)Nc1cc(Br)ccc1Br. The summed E-state index contributed by atoms with van der Waals surface area (Å²) >= 11 is 9.19. The number of thiazole rings is 1. The number of benzene rings is 1. The third kappa shape index (κ3) is 4.00. The number of anilines is 1. The van der Waals surface area contributed by atoms with Crippen molar-refractivity contribution in [1.29, 1.82) is 0 Å². The van der Waals surface area contributed by atoms with Crippen molar-refractivity contribution in [2.75, 3.05) is 11.1 Å². The van der Waals surface area contributed by atoms with Crippen LogP contribution in [0.4, 0.5) is 5.69 Å². The minimum atomic E-state index is -0.418. The number of hydrogen-bond donors (Lipinski definition) is 3. The molecule has 0 spiro atoms. The van der Waals surface area contributed by atoms with E-state index in [9.17, 15) is 14.7 Å². The van der Waals surface area contributed by atoms with Gasteiger partial charge in [0.15, 0.2) is 9.99 Å². The molecule has 0 radical (unpaired) electrons. The van der Waals surface area contributed by atoms with Gasteiger partial charge in [-0.2, -0.15) is 0 Å². The van der Waals surface area contributed by atoms with Crippen LogP contribution in [0.15, 0.2) is 42.3 Å². The van der Waals surface area contributed by atoms with E-state index in [2.05, 4.69) is 47.1 Å². The highest BCUT2D eigenvalue weighted by Crippen LogP contribution is 2.33. The maximum atomic E-state index is 12.1. The van der Waals surface area contributed by atoms with E-state index in [1.54, 1.807) is 6.07 Å². The van der Waals surface area contributed by atoms with Crippen molar-refractivity contribution in [3.8, 4) is 5.75 Å². The van der Waals surface area contributed by atoms with Crippen molar-refractivity contribution >= 4 is 76.9 Å². The van der Waals surface area contributed by atoms with Gasteiger partial charge in [0.2, 0.25) is 5.91 Å². The number of aromatic amines is 1. The van der Waals surface area contributed by atoms with Crippen molar-refractivity contribution in [2.24, 2.45) is 0 Å². The highest BCUT2D eigenvalue weighted by molar-refractivity contribution is 9.11. The Kier molecular flexibility index (Phi) is 5.28. The molecule has 0 unspecified atom stereocenters. The highest BCUT2D eigenvalue weighted by Gasteiger charge is 2.12. The van der Waals surface area contributed by atoms with Crippen molar-refractivity contribution < 1.29 is 9.90 Å². The number of fused-ring (bicyclic) bond motifs is 1. The van der Waals surface area contributed by atoms with E-state index in [0.29, 0.717) is 20.4 Å². The summed E-state index contributed by atoms with van der Waals surface area (Å²) in [4.78, 5) is 30.2. The van der Waals surface area contributed by atoms with Crippen molar-refractivity contribution in [3.63, 3.8) is 0 Å². The Labute approximate surface area is 161 Å². The fraction of sp³-hybridized carbons (Fsp3) is 0.0714. The number of hydrogen-bond acceptors (Lipinski definition) is 6. The van der Waals surface area contributed by atoms with Crippen LogP contribution in [0.2, 0.25) is 0 Å². The largest absolute Gasteiger partial charge is 0.506 e. The molecule has 0 fully saturated rings. The van der Waals surface area contributed by atoms with Gasteiger partial charge >= 0.3 is 0 Å². The topological polar surface area (TPSA) is 95.1 Å². The molecule has 0 atom stereocenters. The molecule has 0 aliphatic carbocycles. The molecule has 124 valence electrons. The van der Waals surface area contributed by atoms with Crippen molar-refractivity contribution in [3.05, 3.63) is 43.6 Å². The molecule has 3 aromatic rings. The van der Waals surface area contributed by atoms with E-state index in [4.69, 9.17) is 0 Å². The van der Waals surface area contributed by atoms with Gasteiger partial charge in [-0.3, -0.25) is 9.59 Å². The van der Waals surface area contributed by atoms with Gasteiger partial charge < -0.3 is 15.4 Å². The first-order valence-corrected chi connectivity index (χ1v) is 9.92. The Morgan fingerprint density at radius 1 is 1.38 bits per heavy atom. The Morgan fingerprint density at radius 2 is 2.17 bits per heavy atom. The van der Waals surface area contributed by atoms with E-state index >= 15 is 0 Å². The second-order valence-electron chi connectivity index (χ2n) is 4.64. The summed E-state index contributed by atoms with van der Waals surface area (Å²) in [5.74, 6) is -0.138. The van der Waals surface area contributed by atoms with Gasteiger partial charge in [-0.15, -0.1) is 11.3 Å². The molecule has 6 nitrogen and oxygen atoms in total. The molecule has 0 aliphatic heterocycles. The molecule has 0 aliphatic rings. The van der Waals surface area contributed by atoms with Gasteiger partial charge in [-0.25, -0.2) is 4.98 Å². The molecule has 3 N–H and O–H groups in total. The van der Waals surface area contributed by atoms with Crippen LogP contribution < -0.4 is 10.9 Å². The predicted octanol–water partition coefficient (Wildman–Crippen LogP) is 3.95. The summed E-state index contributed by atoms with van der Waals surface area (Å²) in [5.41, 5.74) is 0.572. The number of carbonyl (C=O) groups is 1. The number of halogens is 2. The first-order chi connectivity index (χ1) is 11.4. The lowest BCUT2D eigenvalue weighted by molar-refractivity contribution is -0.113. The Bertz CT molecular complexity index is 987. The van der Waals surface area contributed by atoms with Gasteiger partial charge in [0, 0.05) is 15.0 Å². The Balaban J connectivity index is 1.69. The summed E-state index contributed by atoms with van der Waals surface area (Å²) in [6, 6.07) is 6.60. The van der Waals surface area contributed by atoms with Gasteiger partial charge in [-0.1, -0.05) is 27.7 Å². The maximum Gasteiger partial charge on any atom is 0.253 e. The lowest BCUT2D eigenvalue weighted by Crippen LogP contribution is -2.14. The zero-order chi connectivity index (χ0) is 17.3. The molecule has 0 bridgehead atoms. The zero-order valence-corrected chi connectivity index (χ0v) is 16.6. The normalized spacial score (nSPS) is 10.9. The third-order valence-corrected chi connectivity index (χ3v) is 6.28. The fourth-order valence-electron chi connectivity index (χ4n) is 1.87. The van der Waals surface area contributed by atoms with E-state index < -0.39 is 5.56 Å². The van der Waals surface area contributed by atoms with Crippen LogP contribution in [0.1, 0.15) is 0 Å². The zero-order valence-electron chi connectivity index (χ0n) is 11.8. The number of carbonyl (C=O) groups excluding carboxylic acids is 1. The number of amides is 1. The van der Waals surface area contributed by atoms with Gasteiger partial charge in [0.25, 0.3) is 5.56 Å². The summed E-state index contributed by atoms with van der Waals surface area (Å²) in [6.45, 7) is 0. The second kappa shape index (κ2) is 7.26. The first kappa shape index (κ1) is 17.5. The van der Waals surface area contributed by atoms with Gasteiger partial charge in [-0.05, 0) is 34.1 Å². The number of aromatic hydroxyl groups is 1. The molecule has 0 saturated carbocycles. The average molecular weight is 491 g/mol. The van der Waals surface area contributed by atoms with E-state index in [1.165, 1.54) is 23.1 Å². The molecule has 3 rings (SSSR count). The monoisotopic (exact) mass is 489 g/mol. The molecule has 2 heterocycles. The van der Waals surface area contributed by atoms with Gasteiger partial charge in [0.05, 0.1) is 11.4 Å². The average Bonchev–Trinajstić information content (AvgIpc) is 2.92. The third-order valence-electron chi connectivity index (χ3n) is 2.88. The quantitative estimate of drug-likeness (QED) is 0.481. The van der Waals surface area contributed by atoms with Crippen LogP contribution in [-0.4, -0.2) is 26.7 Å². The predicted molar refractivity (Wildman–Crippen MR) is 103 cm³/mol. The summed E-state index contributed by atoms with van der Waals surface area (Å²) in [7, 11) is 0. The summed E-state index contributed by atoms with van der Waals surface area (Å²) in [5, 5.41) is 12.6. The van der Waals surface area contributed by atoms with Crippen LogP contribution >= 0.6 is 55.0 Å². The van der Waals surface area contributed by atoms with E-state index in [-0.39, 0.29) is 17.4 Å². The Hall–Kier alpha value is -1.36. The van der Waals surface area contributed by atoms with Crippen molar-refractivity contribution in [2.45, 2.75) is 4.34 Å². The lowest BCUT2D eigenvalue weighted by Gasteiger charge is -2.07. The smallest absolute Gasteiger partial charge is 0.253 e. The molecule has 0 saturated heterocycles. The van der Waals surface area contributed by atoms with Crippen LogP contribution in [-0.2, 0) is 4.79 Å². The molecular weight excluding hydrogens is 482 g/mol. The molecule has 24 heavy (non-hydrogen) atoms. The minimum Gasteiger partial charge on any atom is -0.506 e. The number of pyridine rings is 1. The molecular formula is C14H9Br2N3O3S2. The van der Waals surface area contributed by atoms with E-state index in [0.717, 1.165) is 15.0 Å². The number of aromatic nitrogens is 2. The number of H-pyrrole nitrogens is 1. The Morgan fingerprint density at radius 3 is 2.96 bits per heavy atom. The number of rotatable bonds is 4. The molecule has 2 aromatic heterocycles. The molecule has 10 heteroatoms. The molecule has 1 aromatic carbocycles. The fourth-order valence-corrected chi connectivity index (χ4v) is 4.39. The lowest BCUT2D eigenvalue weighted by atomic mass is 10.3. The van der Waals surface area contributed by atoms with Crippen LogP contribution in [0.3, 0.4) is 0 Å². The number of thioether (sulfide) groups is 1. The number of nitrogens with zero attached hydrogens (tertiary/aromatic N) is 1. The highest BCUT2D eigenvalue weighted by atomic mass is 79.9. The molecule has 1 amide bonds. The second-order valence-corrected chi connectivity index (χ2v) is 8.63. The maximum absolute atomic E-state index is 12.1. The van der Waals surface area contributed by atoms with Crippen molar-refractivity contribution in [1.82, 2.24) is 9.97 Å². The van der Waals surface area contributed by atoms with Crippen LogP contribution in [0, 0.1) is 0 Å². The van der Waals surface area contributed by atoms with E-state index in [1.807, 2.05) is 12.1 Å². The van der Waals surface area contributed by atoms with Crippen LogP contribution in [0.25, 0.3) is 10.3 Å². The standard InChI is InChI=1S/C14H9Br2N3O3S2/c15-6-1-2-7(16)8(3-6)17-11(22)5-23-14-19-13-12(24-14)9(20)4-10(21)18-13/h1-4H,5H2,(H,17,22)(H2,18,20,21). The van der Waals surface area contributed by atoms with Crippen LogP contribution in [0.5, 0.6) is 5.75 Å².